The Morgan fingerprint density at radius 1 is 1.41 bits per heavy atom. The van der Waals surface area contributed by atoms with Crippen LogP contribution in [0.4, 0.5) is 0 Å². The third kappa shape index (κ3) is 7.95. The van der Waals surface area contributed by atoms with Crippen molar-refractivity contribution in [2.75, 3.05) is 18.1 Å². The third-order valence-electron chi connectivity index (χ3n) is 4.42. The summed E-state index contributed by atoms with van der Waals surface area (Å²) in [6.07, 6.45) is 5.68. The molecule has 5 nitrogen and oxygen atoms in total. The van der Waals surface area contributed by atoms with Crippen LogP contribution < -0.4 is 0 Å². The highest BCUT2D eigenvalue weighted by Crippen LogP contribution is 2.21. The SMILES string of the molecule is O=C(O)CCCSCCN1C(=O)CC[C@@H]1/C=C/[C@H](O)Cc1cccc(Cl)c1. The summed E-state index contributed by atoms with van der Waals surface area (Å²) in [6.45, 7) is 0.649. The summed E-state index contributed by atoms with van der Waals surface area (Å²) in [6, 6.07) is 7.45. The second kappa shape index (κ2) is 11.4. The molecular formula is C20H26ClNO4S. The Morgan fingerprint density at radius 2 is 2.22 bits per heavy atom. The lowest BCUT2D eigenvalue weighted by Crippen LogP contribution is -2.34. The number of carbonyl (C=O) groups excluding carboxylic acids is 1. The molecule has 1 aromatic rings. The Bertz CT molecular complexity index is 667. The van der Waals surface area contributed by atoms with E-state index in [0.717, 1.165) is 23.5 Å². The normalized spacial score (nSPS) is 18.4. The van der Waals surface area contributed by atoms with E-state index in [1.54, 1.807) is 23.9 Å². The molecule has 27 heavy (non-hydrogen) atoms. The molecule has 7 heteroatoms. The van der Waals surface area contributed by atoms with Crippen molar-refractivity contribution in [2.24, 2.45) is 0 Å². The Kier molecular flexibility index (Phi) is 9.18. The van der Waals surface area contributed by atoms with Crippen molar-refractivity contribution in [1.82, 2.24) is 4.90 Å². The van der Waals surface area contributed by atoms with E-state index in [2.05, 4.69) is 0 Å². The van der Waals surface area contributed by atoms with E-state index >= 15 is 0 Å². The van der Waals surface area contributed by atoms with Gasteiger partial charge in [-0.05, 0) is 36.3 Å². The number of rotatable bonds is 11. The van der Waals surface area contributed by atoms with Gasteiger partial charge in [0.05, 0.1) is 12.1 Å². The predicted molar refractivity (Wildman–Crippen MR) is 109 cm³/mol. The van der Waals surface area contributed by atoms with Gasteiger partial charge in [0.1, 0.15) is 0 Å². The van der Waals surface area contributed by atoms with Crippen molar-refractivity contribution in [2.45, 2.75) is 44.2 Å². The van der Waals surface area contributed by atoms with E-state index in [1.165, 1.54) is 0 Å². The fraction of sp³-hybridized carbons (Fsp3) is 0.500. The molecule has 1 aliphatic rings. The molecular weight excluding hydrogens is 386 g/mol. The topological polar surface area (TPSA) is 77.8 Å². The predicted octanol–water partition coefficient (Wildman–Crippen LogP) is 3.39. The number of likely N-dealkylation sites (tertiary alicyclic amines) is 1. The number of carbonyl (C=O) groups is 2. The molecule has 0 saturated carbocycles. The minimum absolute atomic E-state index is 0.0196. The highest BCUT2D eigenvalue weighted by Gasteiger charge is 2.28. The lowest BCUT2D eigenvalue weighted by molar-refractivity contribution is -0.137. The number of aliphatic hydroxyl groups excluding tert-OH is 1. The lowest BCUT2D eigenvalue weighted by Gasteiger charge is -2.22. The first-order valence-corrected chi connectivity index (χ1v) is 10.7. The van der Waals surface area contributed by atoms with Crippen molar-refractivity contribution in [3.05, 3.63) is 47.0 Å². The molecule has 1 saturated heterocycles. The van der Waals surface area contributed by atoms with Gasteiger partial charge in [-0.15, -0.1) is 0 Å². The summed E-state index contributed by atoms with van der Waals surface area (Å²) >= 11 is 7.64. The average Bonchev–Trinajstić information content (AvgIpc) is 2.96. The Labute approximate surface area is 169 Å². The number of aliphatic hydroxyl groups is 1. The first-order chi connectivity index (χ1) is 13.0. The van der Waals surface area contributed by atoms with Gasteiger partial charge in [-0.3, -0.25) is 9.59 Å². The maximum Gasteiger partial charge on any atom is 0.303 e. The van der Waals surface area contributed by atoms with Crippen LogP contribution in [0, 0.1) is 0 Å². The number of aliphatic carboxylic acids is 1. The van der Waals surface area contributed by atoms with Gasteiger partial charge in [0.15, 0.2) is 0 Å². The van der Waals surface area contributed by atoms with Crippen LogP contribution in [0.2, 0.25) is 5.02 Å². The summed E-state index contributed by atoms with van der Waals surface area (Å²) in [7, 11) is 0. The number of carboxylic acid groups (broad SMARTS) is 1. The van der Waals surface area contributed by atoms with Gasteiger partial charge in [0.25, 0.3) is 0 Å². The average molecular weight is 412 g/mol. The van der Waals surface area contributed by atoms with E-state index in [9.17, 15) is 14.7 Å². The number of nitrogens with zero attached hydrogens (tertiary/aromatic N) is 1. The fourth-order valence-electron chi connectivity index (χ4n) is 3.07. The quantitative estimate of drug-likeness (QED) is 0.431. The van der Waals surface area contributed by atoms with Crippen molar-refractivity contribution in [3.63, 3.8) is 0 Å². The summed E-state index contributed by atoms with van der Waals surface area (Å²) < 4.78 is 0. The van der Waals surface area contributed by atoms with Gasteiger partial charge in [-0.1, -0.05) is 35.9 Å². The molecule has 2 N–H and O–H groups in total. The molecule has 0 bridgehead atoms. The molecule has 1 aromatic carbocycles. The summed E-state index contributed by atoms with van der Waals surface area (Å²) in [5.74, 6) is 0.945. The van der Waals surface area contributed by atoms with Crippen molar-refractivity contribution < 1.29 is 19.8 Å². The van der Waals surface area contributed by atoms with Crippen molar-refractivity contribution in [3.8, 4) is 0 Å². The molecule has 0 unspecified atom stereocenters. The van der Waals surface area contributed by atoms with Gasteiger partial charge in [0.2, 0.25) is 5.91 Å². The van der Waals surface area contributed by atoms with Crippen LogP contribution >= 0.6 is 23.4 Å². The fourth-order valence-corrected chi connectivity index (χ4v) is 4.16. The summed E-state index contributed by atoms with van der Waals surface area (Å²) in [5, 5.41) is 19.5. The molecule has 2 atom stereocenters. The van der Waals surface area contributed by atoms with Crippen LogP contribution in [0.1, 0.15) is 31.2 Å². The van der Waals surface area contributed by atoms with E-state index in [4.69, 9.17) is 16.7 Å². The number of carboxylic acids is 1. The third-order valence-corrected chi connectivity index (χ3v) is 5.70. The minimum atomic E-state index is -0.771. The zero-order valence-corrected chi connectivity index (χ0v) is 16.8. The van der Waals surface area contributed by atoms with E-state index in [-0.39, 0.29) is 18.4 Å². The number of benzene rings is 1. The molecule has 1 aliphatic heterocycles. The van der Waals surface area contributed by atoms with Crippen LogP contribution in [0.15, 0.2) is 36.4 Å². The summed E-state index contributed by atoms with van der Waals surface area (Å²) in [5.41, 5.74) is 0.969. The van der Waals surface area contributed by atoms with Crippen LogP contribution in [-0.4, -0.2) is 57.2 Å². The Morgan fingerprint density at radius 3 is 2.96 bits per heavy atom. The number of hydrogen-bond donors (Lipinski definition) is 2. The molecule has 148 valence electrons. The van der Waals surface area contributed by atoms with Crippen LogP contribution in [0.5, 0.6) is 0 Å². The van der Waals surface area contributed by atoms with Gasteiger partial charge in [-0.25, -0.2) is 0 Å². The minimum Gasteiger partial charge on any atom is -0.481 e. The van der Waals surface area contributed by atoms with Gasteiger partial charge >= 0.3 is 5.97 Å². The maximum absolute atomic E-state index is 12.1. The van der Waals surface area contributed by atoms with Crippen LogP contribution in [0.25, 0.3) is 0 Å². The molecule has 0 aromatic heterocycles. The number of halogens is 1. The van der Waals surface area contributed by atoms with Crippen LogP contribution in [-0.2, 0) is 16.0 Å². The molecule has 1 amide bonds. The standard InChI is InChI=1S/C20H26ClNO4S/c21-16-4-1-3-15(13-16)14-18(23)8-6-17-7-9-19(24)22(17)10-12-27-11-2-5-20(25)26/h1,3-4,6,8,13,17-18,23H,2,5,7,9-12,14H2,(H,25,26)/b8-6+/t17-,18-/m0/s1. The second-order valence-corrected chi connectivity index (χ2v) is 8.25. The number of thioether (sulfide) groups is 1. The van der Waals surface area contributed by atoms with Gasteiger partial charge in [-0.2, -0.15) is 11.8 Å². The monoisotopic (exact) mass is 411 g/mol. The zero-order chi connectivity index (χ0) is 19.6. The highest BCUT2D eigenvalue weighted by molar-refractivity contribution is 7.99. The van der Waals surface area contributed by atoms with E-state index in [1.807, 2.05) is 29.2 Å². The first kappa shape index (κ1) is 21.8. The molecule has 0 aliphatic carbocycles. The smallest absolute Gasteiger partial charge is 0.303 e. The Balaban J connectivity index is 1.77. The van der Waals surface area contributed by atoms with E-state index < -0.39 is 12.1 Å². The molecule has 0 radical (unpaired) electrons. The largest absolute Gasteiger partial charge is 0.481 e. The van der Waals surface area contributed by atoms with Gasteiger partial charge < -0.3 is 15.1 Å². The molecule has 0 spiro atoms. The molecule has 2 rings (SSSR count). The van der Waals surface area contributed by atoms with Gasteiger partial charge in [0, 0.05) is 36.6 Å². The van der Waals surface area contributed by atoms with Crippen molar-refractivity contribution in [1.29, 1.82) is 0 Å². The van der Waals surface area contributed by atoms with Crippen molar-refractivity contribution >= 4 is 35.2 Å². The number of amides is 1. The Hall–Kier alpha value is -1.50. The van der Waals surface area contributed by atoms with E-state index in [0.29, 0.717) is 30.8 Å². The molecule has 1 fully saturated rings. The lowest BCUT2D eigenvalue weighted by atomic mass is 10.1. The summed E-state index contributed by atoms with van der Waals surface area (Å²) in [4.78, 5) is 24.4. The van der Waals surface area contributed by atoms with Crippen LogP contribution in [0.3, 0.4) is 0 Å². The molecule has 1 heterocycles. The first-order valence-electron chi connectivity index (χ1n) is 9.15. The number of hydrogen-bond acceptors (Lipinski definition) is 4. The highest BCUT2D eigenvalue weighted by atomic mass is 35.5. The maximum atomic E-state index is 12.1. The zero-order valence-electron chi connectivity index (χ0n) is 15.2. The second-order valence-electron chi connectivity index (χ2n) is 6.59.